The maximum absolute atomic E-state index is 10.9. The fourth-order valence-corrected chi connectivity index (χ4v) is 0.641. The van der Waals surface area contributed by atoms with Gasteiger partial charge in [-0.2, -0.15) is 0 Å². The first-order valence-electron chi connectivity index (χ1n) is 6.59. The topological polar surface area (TPSA) is 37.3 Å². The van der Waals surface area contributed by atoms with Gasteiger partial charge < -0.3 is 5.11 Å². The normalized spacial score (nSPS) is 24.2. The molecule has 0 aromatic rings. The predicted octanol–water partition coefficient (Wildman–Crippen LogP) is 2.29. The standard InChI is InChI=1S/C8H16O2/c1-3-5-7(6-4-2)8(9)10/h7H,3-6H2,1-2H3,(H,9,10)/i1D3,2D3,7D. The van der Waals surface area contributed by atoms with Crippen LogP contribution in [0.5, 0.6) is 0 Å². The van der Waals surface area contributed by atoms with Gasteiger partial charge in [0.1, 0.15) is 0 Å². The molecule has 0 rings (SSSR count). The SMILES string of the molecule is [2H]C([2H])([2H])CCC([2H])(CCC([2H])([2H])[2H])C(=O)O. The summed E-state index contributed by atoms with van der Waals surface area (Å²) in [6.45, 7) is -4.61. The molecule has 0 aromatic carbocycles. The fraction of sp³-hybridized carbons (Fsp3) is 0.875. The zero-order chi connectivity index (χ0) is 13.9. The van der Waals surface area contributed by atoms with Gasteiger partial charge in [0, 0.05) is 9.60 Å². The average molecular weight is 151 g/mol. The summed E-state index contributed by atoms with van der Waals surface area (Å²) in [6, 6.07) is 0. The highest BCUT2D eigenvalue weighted by atomic mass is 16.4. The number of carbonyl (C=O) groups is 1. The van der Waals surface area contributed by atoms with Crippen LogP contribution in [-0.4, -0.2) is 11.1 Å². The number of hydrogen-bond donors (Lipinski definition) is 1. The van der Waals surface area contributed by atoms with E-state index in [4.69, 9.17) is 14.7 Å². The molecule has 0 saturated carbocycles. The molecule has 0 amide bonds. The highest BCUT2D eigenvalue weighted by Gasteiger charge is 2.13. The van der Waals surface area contributed by atoms with Gasteiger partial charge >= 0.3 is 5.97 Å². The Kier molecular flexibility index (Phi) is 1.50. The average Bonchev–Trinajstić information content (AvgIpc) is 2.09. The quantitative estimate of drug-likeness (QED) is 0.654. The van der Waals surface area contributed by atoms with E-state index in [0.29, 0.717) is 0 Å². The molecule has 1 N–H and O–H groups in total. The van der Waals surface area contributed by atoms with Crippen LogP contribution in [0.15, 0.2) is 0 Å². The van der Waals surface area contributed by atoms with Crippen molar-refractivity contribution >= 4 is 5.97 Å². The van der Waals surface area contributed by atoms with Crippen LogP contribution in [0.1, 0.15) is 49.0 Å². The van der Waals surface area contributed by atoms with Gasteiger partial charge in [-0.15, -0.1) is 0 Å². The lowest BCUT2D eigenvalue weighted by Crippen LogP contribution is -2.12. The number of carboxylic acid groups (broad SMARTS) is 1. The first-order chi connectivity index (χ1) is 7.36. The Labute approximate surface area is 72.1 Å². The number of aliphatic carboxylic acids is 1. The second kappa shape index (κ2) is 5.27. The lowest BCUT2D eigenvalue weighted by Gasteiger charge is -2.07. The van der Waals surface area contributed by atoms with E-state index < -0.39 is 38.4 Å². The minimum atomic E-state index is -2.30. The maximum Gasteiger partial charge on any atom is 0.306 e. The zero-order valence-electron chi connectivity index (χ0n) is 12.7. The molecule has 2 heteroatoms. The van der Waals surface area contributed by atoms with Crippen molar-refractivity contribution < 1.29 is 19.5 Å². The summed E-state index contributed by atoms with van der Waals surface area (Å²) in [5, 5.41) is 8.87. The molecule has 0 atom stereocenters. The second-order valence-corrected chi connectivity index (χ2v) is 1.91. The molecule has 0 aliphatic rings. The molecule has 0 saturated heterocycles. The van der Waals surface area contributed by atoms with Crippen LogP contribution in [0.3, 0.4) is 0 Å². The van der Waals surface area contributed by atoms with Gasteiger partial charge in [0.05, 0.1) is 5.89 Å². The Morgan fingerprint density at radius 3 is 2.40 bits per heavy atom. The van der Waals surface area contributed by atoms with Crippen LogP contribution < -0.4 is 0 Å². The summed E-state index contributed by atoms with van der Waals surface area (Å²) in [5.41, 5.74) is 0. The van der Waals surface area contributed by atoms with E-state index in [1.807, 2.05) is 0 Å². The van der Waals surface area contributed by atoms with Crippen LogP contribution >= 0.6 is 0 Å². The third-order valence-corrected chi connectivity index (χ3v) is 1.16. The molecule has 60 valence electrons. The van der Waals surface area contributed by atoms with Crippen LogP contribution in [0.25, 0.3) is 0 Å². The van der Waals surface area contributed by atoms with E-state index in [2.05, 4.69) is 0 Å². The monoisotopic (exact) mass is 151 g/mol. The summed E-state index contributed by atoms with van der Waals surface area (Å²) < 4.78 is 49.4. The fourth-order valence-electron chi connectivity index (χ4n) is 0.641. The molecule has 0 bridgehead atoms. The minimum Gasteiger partial charge on any atom is -0.481 e. The highest BCUT2D eigenvalue weighted by Crippen LogP contribution is 2.12. The third kappa shape index (κ3) is 3.49. The van der Waals surface area contributed by atoms with Crippen LogP contribution in [0.4, 0.5) is 0 Å². The van der Waals surface area contributed by atoms with Crippen molar-refractivity contribution in [2.75, 3.05) is 0 Å². The lowest BCUT2D eigenvalue weighted by molar-refractivity contribution is -0.142. The molecule has 0 spiro atoms. The molecule has 2 nitrogen and oxygen atoms in total. The molecule has 0 radical (unpaired) electrons. The van der Waals surface area contributed by atoms with E-state index in [0.717, 1.165) is 0 Å². The molecule has 0 fully saturated rings. The van der Waals surface area contributed by atoms with Gasteiger partial charge in [-0.3, -0.25) is 4.79 Å². The molecule has 0 aliphatic carbocycles. The Hall–Kier alpha value is -0.530. The van der Waals surface area contributed by atoms with E-state index in [-0.39, 0.29) is 12.8 Å². The van der Waals surface area contributed by atoms with Gasteiger partial charge in [-0.1, -0.05) is 26.5 Å². The van der Waals surface area contributed by atoms with Crippen molar-refractivity contribution in [1.29, 1.82) is 0 Å². The molecule has 0 heterocycles. The summed E-state index contributed by atoms with van der Waals surface area (Å²) in [4.78, 5) is 10.9. The van der Waals surface area contributed by atoms with Crippen molar-refractivity contribution in [3.05, 3.63) is 0 Å². The molecule has 0 aliphatic heterocycles. The molecular weight excluding hydrogens is 128 g/mol. The largest absolute Gasteiger partial charge is 0.481 e. The smallest absolute Gasteiger partial charge is 0.306 e. The molecule has 10 heavy (non-hydrogen) atoms. The Morgan fingerprint density at radius 2 is 2.10 bits per heavy atom. The molecular formula is C8H16O2. The van der Waals surface area contributed by atoms with Crippen molar-refractivity contribution in [3.63, 3.8) is 0 Å². The van der Waals surface area contributed by atoms with Crippen molar-refractivity contribution in [2.45, 2.75) is 39.4 Å². The van der Waals surface area contributed by atoms with Gasteiger partial charge in [0.2, 0.25) is 0 Å². The predicted molar refractivity (Wildman–Crippen MR) is 40.9 cm³/mol. The molecule has 0 unspecified atom stereocenters. The van der Waals surface area contributed by atoms with E-state index in [9.17, 15) is 4.79 Å². The number of rotatable bonds is 5. The van der Waals surface area contributed by atoms with Crippen LogP contribution in [0.2, 0.25) is 0 Å². The highest BCUT2D eigenvalue weighted by molar-refractivity contribution is 5.69. The van der Waals surface area contributed by atoms with Crippen LogP contribution in [0, 0.1) is 5.89 Å². The second-order valence-electron chi connectivity index (χ2n) is 1.91. The summed E-state index contributed by atoms with van der Waals surface area (Å²) in [7, 11) is 0. The number of carboxylic acids is 1. The lowest BCUT2D eigenvalue weighted by atomic mass is 9.99. The summed E-state index contributed by atoms with van der Waals surface area (Å²) in [6.07, 6.45) is -1.59. The van der Waals surface area contributed by atoms with Gasteiger partial charge in [0.15, 0.2) is 0 Å². The Bertz CT molecular complexity index is 250. The van der Waals surface area contributed by atoms with Gasteiger partial charge in [-0.25, -0.2) is 0 Å². The van der Waals surface area contributed by atoms with E-state index >= 15 is 0 Å². The number of hydrogen-bond acceptors (Lipinski definition) is 1. The Balaban J connectivity index is 4.53. The Morgan fingerprint density at radius 1 is 1.60 bits per heavy atom. The zero-order valence-corrected chi connectivity index (χ0v) is 5.68. The first kappa shape index (κ1) is 2.84. The van der Waals surface area contributed by atoms with E-state index in [1.54, 1.807) is 0 Å². The first-order valence-corrected chi connectivity index (χ1v) is 3.09. The summed E-state index contributed by atoms with van der Waals surface area (Å²) >= 11 is 0. The van der Waals surface area contributed by atoms with Gasteiger partial charge in [-0.05, 0) is 12.8 Å². The molecule has 0 aromatic heterocycles. The van der Waals surface area contributed by atoms with Crippen molar-refractivity contribution in [1.82, 2.24) is 0 Å². The van der Waals surface area contributed by atoms with Gasteiger partial charge in [0.25, 0.3) is 0 Å². The third-order valence-electron chi connectivity index (χ3n) is 1.16. The van der Waals surface area contributed by atoms with Crippen molar-refractivity contribution in [3.8, 4) is 0 Å². The maximum atomic E-state index is 10.9. The van der Waals surface area contributed by atoms with Crippen molar-refractivity contribution in [2.24, 2.45) is 5.89 Å². The minimum absolute atomic E-state index is 0.380. The summed E-state index contributed by atoms with van der Waals surface area (Å²) in [5.74, 6) is -3.52. The van der Waals surface area contributed by atoms with E-state index in [1.165, 1.54) is 0 Å². The van der Waals surface area contributed by atoms with Crippen LogP contribution in [-0.2, 0) is 4.79 Å².